The van der Waals surface area contributed by atoms with Crippen molar-refractivity contribution >= 4 is 17.7 Å². The van der Waals surface area contributed by atoms with Gasteiger partial charge in [0.25, 0.3) is 0 Å². The first-order valence-corrected chi connectivity index (χ1v) is 7.88. The summed E-state index contributed by atoms with van der Waals surface area (Å²) in [5, 5.41) is 3.03. The predicted octanol–water partition coefficient (Wildman–Crippen LogP) is 2.54. The van der Waals surface area contributed by atoms with Gasteiger partial charge in [-0.05, 0) is 19.8 Å². The Bertz CT molecular complexity index is 200. The van der Waals surface area contributed by atoms with E-state index in [9.17, 15) is 4.79 Å². The Morgan fingerprint density at radius 3 is 2.65 bits per heavy atom. The van der Waals surface area contributed by atoms with Crippen molar-refractivity contribution in [2.45, 2.75) is 65.0 Å². The molecular weight excluding hydrogens is 232 g/mol. The summed E-state index contributed by atoms with van der Waals surface area (Å²) in [5.41, 5.74) is 5.79. The molecule has 2 unspecified atom stereocenters. The third kappa shape index (κ3) is 10.6. The zero-order valence-electron chi connectivity index (χ0n) is 11.5. The van der Waals surface area contributed by atoms with E-state index < -0.39 is 0 Å². The molecule has 0 radical (unpaired) electrons. The van der Waals surface area contributed by atoms with E-state index in [1.54, 1.807) is 11.8 Å². The van der Waals surface area contributed by atoms with E-state index in [1.807, 2.05) is 0 Å². The molecule has 0 spiro atoms. The molecule has 0 saturated carbocycles. The molecule has 0 aromatic carbocycles. The second-order valence-electron chi connectivity index (χ2n) is 4.65. The Morgan fingerprint density at radius 1 is 1.35 bits per heavy atom. The number of carbonyl (C=O) groups excluding carboxylic acids is 1. The summed E-state index contributed by atoms with van der Waals surface area (Å²) < 4.78 is 0. The van der Waals surface area contributed by atoms with E-state index in [0.717, 1.165) is 18.6 Å². The van der Waals surface area contributed by atoms with Crippen LogP contribution in [0.25, 0.3) is 0 Å². The van der Waals surface area contributed by atoms with Crippen LogP contribution in [0.1, 0.15) is 52.9 Å². The topological polar surface area (TPSA) is 55.1 Å². The average Bonchev–Trinajstić information content (AvgIpc) is 2.29. The third-order valence-electron chi connectivity index (χ3n) is 2.74. The van der Waals surface area contributed by atoms with Gasteiger partial charge in [-0.15, -0.1) is 0 Å². The molecule has 0 rings (SSSR count). The molecule has 0 aromatic rings. The molecule has 17 heavy (non-hydrogen) atoms. The van der Waals surface area contributed by atoms with Crippen LogP contribution in [0.3, 0.4) is 0 Å². The average molecular weight is 260 g/mol. The Labute approximate surface area is 110 Å². The van der Waals surface area contributed by atoms with Crippen LogP contribution in [0.2, 0.25) is 0 Å². The molecule has 0 heterocycles. The normalized spacial score (nSPS) is 14.4. The van der Waals surface area contributed by atoms with E-state index >= 15 is 0 Å². The first-order valence-electron chi connectivity index (χ1n) is 6.72. The Morgan fingerprint density at radius 2 is 2.06 bits per heavy atom. The van der Waals surface area contributed by atoms with Gasteiger partial charge < -0.3 is 11.1 Å². The lowest BCUT2D eigenvalue weighted by molar-refractivity contribution is -0.119. The van der Waals surface area contributed by atoms with Crippen molar-refractivity contribution in [3.63, 3.8) is 0 Å². The van der Waals surface area contributed by atoms with Crippen molar-refractivity contribution in [1.82, 2.24) is 5.32 Å². The minimum atomic E-state index is 0.141. The molecule has 3 nitrogen and oxygen atoms in total. The van der Waals surface area contributed by atoms with Crippen molar-refractivity contribution in [2.75, 3.05) is 11.5 Å². The summed E-state index contributed by atoms with van der Waals surface area (Å²) in [4.78, 5) is 11.6. The van der Waals surface area contributed by atoms with Gasteiger partial charge in [-0.2, -0.15) is 11.8 Å². The molecule has 0 aliphatic rings. The Hall–Kier alpha value is -0.220. The maximum Gasteiger partial charge on any atom is 0.230 e. The molecule has 4 heteroatoms. The summed E-state index contributed by atoms with van der Waals surface area (Å²) in [6.45, 7) is 6.34. The van der Waals surface area contributed by atoms with E-state index in [4.69, 9.17) is 5.73 Å². The first kappa shape index (κ1) is 16.8. The summed E-state index contributed by atoms with van der Waals surface area (Å²) in [6, 6.07) is 0.518. The molecule has 0 saturated heterocycles. The number of nitrogens with two attached hydrogens (primary N) is 1. The maximum absolute atomic E-state index is 11.6. The molecular formula is C13H28N2OS. The highest BCUT2D eigenvalue weighted by molar-refractivity contribution is 7.99. The van der Waals surface area contributed by atoms with Crippen LogP contribution in [-0.4, -0.2) is 29.5 Å². The van der Waals surface area contributed by atoms with Crippen LogP contribution < -0.4 is 11.1 Å². The fourth-order valence-corrected chi connectivity index (χ4v) is 2.44. The van der Waals surface area contributed by atoms with Crippen molar-refractivity contribution in [2.24, 2.45) is 5.73 Å². The lowest BCUT2D eigenvalue weighted by atomic mass is 10.1. The number of carbonyl (C=O) groups is 1. The Kier molecular flexibility index (Phi) is 10.8. The lowest BCUT2D eigenvalue weighted by Crippen LogP contribution is -2.34. The first-order chi connectivity index (χ1) is 8.10. The third-order valence-corrected chi connectivity index (χ3v) is 3.87. The van der Waals surface area contributed by atoms with Gasteiger partial charge in [0.15, 0.2) is 0 Å². The number of amides is 1. The largest absolute Gasteiger partial charge is 0.353 e. The highest BCUT2D eigenvalue weighted by Gasteiger charge is 2.08. The highest BCUT2D eigenvalue weighted by Crippen LogP contribution is 2.05. The molecule has 0 aliphatic carbocycles. The van der Waals surface area contributed by atoms with Crippen LogP contribution in [0.4, 0.5) is 0 Å². The number of hydrogen-bond donors (Lipinski definition) is 2. The number of thioether (sulfide) groups is 1. The quantitative estimate of drug-likeness (QED) is 0.594. The highest BCUT2D eigenvalue weighted by atomic mass is 32.2. The smallest absolute Gasteiger partial charge is 0.230 e. The number of nitrogens with one attached hydrogen (secondary N) is 1. The van der Waals surface area contributed by atoms with E-state index in [0.29, 0.717) is 11.8 Å². The minimum absolute atomic E-state index is 0.141. The second-order valence-corrected chi connectivity index (χ2v) is 5.68. The predicted molar refractivity (Wildman–Crippen MR) is 77.3 cm³/mol. The van der Waals surface area contributed by atoms with Crippen LogP contribution in [0.15, 0.2) is 0 Å². The lowest BCUT2D eigenvalue weighted by Gasteiger charge is -2.14. The zero-order valence-corrected chi connectivity index (χ0v) is 12.3. The van der Waals surface area contributed by atoms with Gasteiger partial charge in [0.2, 0.25) is 5.91 Å². The van der Waals surface area contributed by atoms with E-state index in [1.165, 1.54) is 19.3 Å². The van der Waals surface area contributed by atoms with Gasteiger partial charge in [0.05, 0.1) is 5.75 Å². The van der Waals surface area contributed by atoms with Crippen LogP contribution in [0.5, 0.6) is 0 Å². The van der Waals surface area contributed by atoms with Gasteiger partial charge in [-0.25, -0.2) is 0 Å². The SMILES string of the molecule is CCCCCC(C)NC(=O)CSCC(N)CC. The summed E-state index contributed by atoms with van der Waals surface area (Å²) in [5.74, 6) is 1.54. The molecule has 3 N–H and O–H groups in total. The number of rotatable bonds is 10. The van der Waals surface area contributed by atoms with Gasteiger partial charge in [0.1, 0.15) is 0 Å². The molecule has 102 valence electrons. The summed E-state index contributed by atoms with van der Waals surface area (Å²) in [6.07, 6.45) is 5.73. The number of hydrogen-bond acceptors (Lipinski definition) is 3. The minimum Gasteiger partial charge on any atom is -0.353 e. The van der Waals surface area contributed by atoms with Crippen molar-refractivity contribution in [1.29, 1.82) is 0 Å². The second kappa shape index (κ2) is 10.9. The zero-order chi connectivity index (χ0) is 13.1. The van der Waals surface area contributed by atoms with E-state index in [-0.39, 0.29) is 11.9 Å². The van der Waals surface area contributed by atoms with Crippen molar-refractivity contribution < 1.29 is 4.79 Å². The fraction of sp³-hybridized carbons (Fsp3) is 0.923. The molecule has 0 aliphatic heterocycles. The van der Waals surface area contributed by atoms with Crippen molar-refractivity contribution in [3.8, 4) is 0 Å². The van der Waals surface area contributed by atoms with Gasteiger partial charge >= 0.3 is 0 Å². The van der Waals surface area contributed by atoms with Crippen LogP contribution >= 0.6 is 11.8 Å². The summed E-state index contributed by atoms with van der Waals surface area (Å²) >= 11 is 1.63. The van der Waals surface area contributed by atoms with Crippen LogP contribution in [0, 0.1) is 0 Å². The standard InChI is InChI=1S/C13H28N2OS/c1-4-6-7-8-11(3)15-13(16)10-17-9-12(14)5-2/h11-12H,4-10,14H2,1-3H3,(H,15,16). The Balaban J connectivity index is 3.50. The van der Waals surface area contributed by atoms with Crippen molar-refractivity contribution in [3.05, 3.63) is 0 Å². The van der Waals surface area contributed by atoms with E-state index in [2.05, 4.69) is 26.1 Å². The molecule has 0 bridgehead atoms. The van der Waals surface area contributed by atoms with Gasteiger partial charge in [-0.3, -0.25) is 4.79 Å². The molecule has 0 fully saturated rings. The van der Waals surface area contributed by atoms with Gasteiger partial charge in [-0.1, -0.05) is 33.1 Å². The molecule has 2 atom stereocenters. The summed E-state index contributed by atoms with van der Waals surface area (Å²) in [7, 11) is 0. The monoisotopic (exact) mass is 260 g/mol. The van der Waals surface area contributed by atoms with Gasteiger partial charge in [0, 0.05) is 17.8 Å². The fourth-order valence-electron chi connectivity index (χ4n) is 1.51. The van der Waals surface area contributed by atoms with Crippen LogP contribution in [-0.2, 0) is 4.79 Å². The maximum atomic E-state index is 11.6. The number of unbranched alkanes of at least 4 members (excludes halogenated alkanes) is 2. The molecule has 0 aromatic heterocycles. The molecule has 1 amide bonds.